The number of ether oxygens (including phenoxy) is 1. The van der Waals surface area contributed by atoms with E-state index < -0.39 is 0 Å². The van der Waals surface area contributed by atoms with Gasteiger partial charge >= 0.3 is 0 Å². The highest BCUT2D eigenvalue weighted by Crippen LogP contribution is 2.34. The zero-order valence-electron chi connectivity index (χ0n) is 12.2. The van der Waals surface area contributed by atoms with Crippen molar-refractivity contribution in [2.45, 2.75) is 52.0 Å². The van der Waals surface area contributed by atoms with Crippen molar-refractivity contribution in [3.05, 3.63) is 28.8 Å². The van der Waals surface area contributed by atoms with Crippen molar-refractivity contribution in [2.75, 3.05) is 13.2 Å². The van der Waals surface area contributed by atoms with Crippen LogP contribution in [0, 0.1) is 19.8 Å². The lowest BCUT2D eigenvalue weighted by Crippen LogP contribution is -2.21. The molecule has 2 nitrogen and oxygen atoms in total. The van der Waals surface area contributed by atoms with E-state index in [1.165, 1.54) is 48.8 Å². The third-order valence-electron chi connectivity index (χ3n) is 4.76. The molecule has 2 fully saturated rings. The van der Waals surface area contributed by atoms with Crippen LogP contribution in [0.5, 0.6) is 5.75 Å². The van der Waals surface area contributed by atoms with Gasteiger partial charge in [-0.05, 0) is 69.2 Å². The van der Waals surface area contributed by atoms with Gasteiger partial charge < -0.3 is 10.1 Å². The molecule has 1 aromatic rings. The van der Waals surface area contributed by atoms with E-state index in [0.717, 1.165) is 24.8 Å². The molecule has 0 amide bonds. The molecule has 2 aliphatic rings. The van der Waals surface area contributed by atoms with Crippen molar-refractivity contribution in [1.82, 2.24) is 5.32 Å². The van der Waals surface area contributed by atoms with Crippen LogP contribution < -0.4 is 10.1 Å². The Hall–Kier alpha value is -1.02. The summed E-state index contributed by atoms with van der Waals surface area (Å²) in [5, 5.41) is 3.60. The van der Waals surface area contributed by atoms with Gasteiger partial charge in [0.2, 0.25) is 0 Å². The number of nitrogens with one attached hydrogen (secondary N) is 1. The van der Waals surface area contributed by atoms with Crippen molar-refractivity contribution < 1.29 is 4.74 Å². The van der Waals surface area contributed by atoms with Gasteiger partial charge in [-0.25, -0.2) is 0 Å². The van der Waals surface area contributed by atoms with Crippen LogP contribution in [0.2, 0.25) is 0 Å². The van der Waals surface area contributed by atoms with Crippen molar-refractivity contribution in [2.24, 2.45) is 5.92 Å². The third kappa shape index (κ3) is 2.79. The highest BCUT2D eigenvalue weighted by molar-refractivity contribution is 5.43. The fourth-order valence-corrected chi connectivity index (χ4v) is 3.03. The van der Waals surface area contributed by atoms with Crippen LogP contribution >= 0.6 is 0 Å². The fourth-order valence-electron chi connectivity index (χ4n) is 3.03. The molecule has 1 aliphatic carbocycles. The van der Waals surface area contributed by atoms with E-state index in [4.69, 9.17) is 4.74 Å². The van der Waals surface area contributed by atoms with Gasteiger partial charge in [0.05, 0.1) is 6.61 Å². The Kier molecular flexibility index (Phi) is 3.79. The summed E-state index contributed by atoms with van der Waals surface area (Å²) in [6.07, 6.45) is 6.60. The zero-order valence-corrected chi connectivity index (χ0v) is 12.2. The van der Waals surface area contributed by atoms with Gasteiger partial charge in [-0.2, -0.15) is 0 Å². The molecule has 1 atom stereocenters. The maximum Gasteiger partial charge on any atom is 0.124 e. The molecule has 1 aromatic carbocycles. The summed E-state index contributed by atoms with van der Waals surface area (Å²) < 4.78 is 6.15. The largest absolute Gasteiger partial charge is 0.493 e. The number of rotatable bonds is 4. The van der Waals surface area contributed by atoms with Crippen LogP contribution in [0.4, 0.5) is 0 Å². The lowest BCUT2D eigenvalue weighted by atomic mass is 9.86. The molecule has 19 heavy (non-hydrogen) atoms. The van der Waals surface area contributed by atoms with Gasteiger partial charge in [0.15, 0.2) is 0 Å². The monoisotopic (exact) mass is 259 g/mol. The Morgan fingerprint density at radius 2 is 1.89 bits per heavy atom. The van der Waals surface area contributed by atoms with E-state index in [9.17, 15) is 0 Å². The summed E-state index contributed by atoms with van der Waals surface area (Å²) in [5.41, 5.74) is 4.09. The SMILES string of the molecule is Cc1cc(OCC2CCC2)c(C2CCCN2)cc1C. The van der Waals surface area contributed by atoms with E-state index in [2.05, 4.69) is 31.3 Å². The minimum absolute atomic E-state index is 0.496. The first-order valence-electron chi connectivity index (χ1n) is 7.71. The van der Waals surface area contributed by atoms with E-state index in [1.54, 1.807) is 0 Å². The average molecular weight is 259 g/mol. The van der Waals surface area contributed by atoms with Gasteiger partial charge in [-0.3, -0.25) is 0 Å². The van der Waals surface area contributed by atoms with E-state index >= 15 is 0 Å². The molecule has 0 bridgehead atoms. The molecule has 104 valence electrons. The molecule has 1 heterocycles. The fraction of sp³-hybridized carbons (Fsp3) is 0.647. The summed E-state index contributed by atoms with van der Waals surface area (Å²) >= 11 is 0. The predicted molar refractivity (Wildman–Crippen MR) is 78.7 cm³/mol. The molecule has 1 saturated carbocycles. The summed E-state index contributed by atoms with van der Waals surface area (Å²) in [6, 6.07) is 5.06. The summed E-state index contributed by atoms with van der Waals surface area (Å²) in [4.78, 5) is 0. The molecule has 0 radical (unpaired) electrons. The van der Waals surface area contributed by atoms with Crippen LogP contribution in [0.25, 0.3) is 0 Å². The first-order chi connectivity index (χ1) is 9.24. The molecule has 1 saturated heterocycles. The Balaban J connectivity index is 1.79. The van der Waals surface area contributed by atoms with Gasteiger partial charge in [0.1, 0.15) is 5.75 Å². The van der Waals surface area contributed by atoms with Crippen LogP contribution in [-0.4, -0.2) is 13.2 Å². The summed E-state index contributed by atoms with van der Waals surface area (Å²) in [7, 11) is 0. The van der Waals surface area contributed by atoms with Crippen molar-refractivity contribution in [1.29, 1.82) is 0 Å². The Morgan fingerprint density at radius 1 is 1.11 bits per heavy atom. The van der Waals surface area contributed by atoms with Crippen LogP contribution in [0.15, 0.2) is 12.1 Å². The van der Waals surface area contributed by atoms with Crippen molar-refractivity contribution in [3.63, 3.8) is 0 Å². The topological polar surface area (TPSA) is 21.3 Å². The average Bonchev–Trinajstić information content (AvgIpc) is 2.85. The van der Waals surface area contributed by atoms with Crippen LogP contribution in [-0.2, 0) is 0 Å². The quantitative estimate of drug-likeness (QED) is 0.885. The van der Waals surface area contributed by atoms with Gasteiger partial charge in [0, 0.05) is 11.6 Å². The number of hydrogen-bond donors (Lipinski definition) is 1. The first kappa shape index (κ1) is 13.0. The standard InChI is InChI=1S/C17H25NO/c1-12-9-15(16-7-4-8-18-16)17(10-13(12)2)19-11-14-5-3-6-14/h9-10,14,16,18H,3-8,11H2,1-2H3. The van der Waals surface area contributed by atoms with Crippen molar-refractivity contribution in [3.8, 4) is 5.75 Å². The predicted octanol–water partition coefficient (Wildman–Crippen LogP) is 3.91. The minimum atomic E-state index is 0.496. The van der Waals surface area contributed by atoms with Gasteiger partial charge in [-0.1, -0.05) is 12.5 Å². The van der Waals surface area contributed by atoms with E-state index in [0.29, 0.717) is 6.04 Å². The number of hydrogen-bond acceptors (Lipinski definition) is 2. The maximum absolute atomic E-state index is 6.15. The smallest absolute Gasteiger partial charge is 0.124 e. The normalized spacial score (nSPS) is 23.4. The Bertz CT molecular complexity index is 445. The molecule has 1 unspecified atom stereocenters. The highest BCUT2D eigenvalue weighted by Gasteiger charge is 2.23. The zero-order chi connectivity index (χ0) is 13.2. The lowest BCUT2D eigenvalue weighted by molar-refractivity contribution is 0.178. The van der Waals surface area contributed by atoms with Gasteiger partial charge in [-0.15, -0.1) is 0 Å². The Morgan fingerprint density at radius 3 is 2.53 bits per heavy atom. The number of benzene rings is 1. The van der Waals surface area contributed by atoms with Crippen LogP contribution in [0.3, 0.4) is 0 Å². The molecule has 1 aliphatic heterocycles. The highest BCUT2D eigenvalue weighted by atomic mass is 16.5. The summed E-state index contributed by atoms with van der Waals surface area (Å²) in [5.74, 6) is 1.92. The summed E-state index contributed by atoms with van der Waals surface area (Å²) in [6.45, 7) is 6.42. The number of aryl methyl sites for hydroxylation is 2. The second-order valence-corrected chi connectivity index (χ2v) is 6.23. The first-order valence-corrected chi connectivity index (χ1v) is 7.71. The molecule has 3 rings (SSSR count). The third-order valence-corrected chi connectivity index (χ3v) is 4.76. The second-order valence-electron chi connectivity index (χ2n) is 6.23. The van der Waals surface area contributed by atoms with E-state index in [-0.39, 0.29) is 0 Å². The molecule has 2 heteroatoms. The van der Waals surface area contributed by atoms with E-state index in [1.807, 2.05) is 0 Å². The molecule has 0 spiro atoms. The molecular weight excluding hydrogens is 234 g/mol. The lowest BCUT2D eigenvalue weighted by Gasteiger charge is -2.27. The Labute approximate surface area is 116 Å². The van der Waals surface area contributed by atoms with Crippen molar-refractivity contribution >= 4 is 0 Å². The van der Waals surface area contributed by atoms with Crippen LogP contribution in [0.1, 0.15) is 54.8 Å². The second kappa shape index (κ2) is 5.54. The maximum atomic E-state index is 6.15. The van der Waals surface area contributed by atoms with Gasteiger partial charge in [0.25, 0.3) is 0 Å². The molecular formula is C17H25NO. The molecule has 0 aromatic heterocycles. The molecule has 1 N–H and O–H groups in total. The minimum Gasteiger partial charge on any atom is -0.493 e.